The van der Waals surface area contributed by atoms with Gasteiger partial charge < -0.3 is 10.2 Å². The first-order valence-corrected chi connectivity index (χ1v) is 8.96. The molecule has 0 aliphatic carbocycles. The standard InChI is InChI=1S/C17H19ClN6S.HI/c1-19-17(24(2)10-14-6-7-15(18)25-14)20-9-12-4-3-5-13(8-12)16-21-11-22-23-16;/h3-8,11H,9-10H2,1-2H3,(H,19,20)(H,21,22,23);1H. The van der Waals surface area contributed by atoms with Gasteiger partial charge in [-0.2, -0.15) is 5.10 Å². The van der Waals surface area contributed by atoms with Crippen LogP contribution in [0.2, 0.25) is 4.34 Å². The molecule has 0 bridgehead atoms. The van der Waals surface area contributed by atoms with Gasteiger partial charge in [0.1, 0.15) is 6.33 Å². The van der Waals surface area contributed by atoms with E-state index in [0.717, 1.165) is 33.8 Å². The van der Waals surface area contributed by atoms with E-state index in [1.807, 2.05) is 31.3 Å². The molecule has 0 amide bonds. The van der Waals surface area contributed by atoms with Crippen molar-refractivity contribution in [3.8, 4) is 11.4 Å². The molecule has 0 saturated heterocycles. The molecule has 1 aromatic carbocycles. The van der Waals surface area contributed by atoms with Gasteiger partial charge in [0.2, 0.25) is 0 Å². The predicted molar refractivity (Wildman–Crippen MR) is 118 cm³/mol. The Balaban J connectivity index is 0.00000243. The minimum Gasteiger partial charge on any atom is -0.352 e. The number of hydrogen-bond donors (Lipinski definition) is 2. The zero-order valence-corrected chi connectivity index (χ0v) is 18.3. The maximum atomic E-state index is 6.00. The molecular weight excluding hydrogens is 483 g/mol. The van der Waals surface area contributed by atoms with E-state index >= 15 is 0 Å². The summed E-state index contributed by atoms with van der Waals surface area (Å²) in [4.78, 5) is 11.8. The third kappa shape index (κ3) is 5.42. The number of rotatable bonds is 5. The Morgan fingerprint density at radius 2 is 2.19 bits per heavy atom. The molecule has 138 valence electrons. The monoisotopic (exact) mass is 502 g/mol. The number of aromatic nitrogens is 3. The molecule has 0 atom stereocenters. The lowest BCUT2D eigenvalue weighted by Gasteiger charge is -2.21. The molecule has 0 radical (unpaired) electrons. The summed E-state index contributed by atoms with van der Waals surface area (Å²) in [6.07, 6.45) is 1.51. The summed E-state index contributed by atoms with van der Waals surface area (Å²) in [7, 11) is 3.79. The fraction of sp³-hybridized carbons (Fsp3) is 0.235. The topological polar surface area (TPSA) is 69.2 Å². The highest BCUT2D eigenvalue weighted by Crippen LogP contribution is 2.22. The van der Waals surface area contributed by atoms with Gasteiger partial charge >= 0.3 is 0 Å². The van der Waals surface area contributed by atoms with Gasteiger partial charge in [0, 0.05) is 31.1 Å². The molecule has 0 aliphatic rings. The summed E-state index contributed by atoms with van der Waals surface area (Å²) in [6, 6.07) is 12.1. The van der Waals surface area contributed by atoms with E-state index in [1.54, 1.807) is 18.4 Å². The van der Waals surface area contributed by atoms with Crippen LogP contribution in [-0.4, -0.2) is 40.1 Å². The second-order valence-electron chi connectivity index (χ2n) is 5.50. The molecule has 6 nitrogen and oxygen atoms in total. The number of hydrogen-bond acceptors (Lipinski definition) is 4. The Morgan fingerprint density at radius 1 is 1.35 bits per heavy atom. The Morgan fingerprint density at radius 3 is 2.85 bits per heavy atom. The minimum absolute atomic E-state index is 0. The smallest absolute Gasteiger partial charge is 0.193 e. The number of nitrogens with zero attached hydrogens (tertiary/aromatic N) is 4. The van der Waals surface area contributed by atoms with Crippen LogP contribution in [0.4, 0.5) is 0 Å². The van der Waals surface area contributed by atoms with Gasteiger partial charge in [0.25, 0.3) is 0 Å². The summed E-state index contributed by atoms with van der Waals surface area (Å²) in [5, 5.41) is 10.2. The van der Waals surface area contributed by atoms with Crippen LogP contribution in [0.15, 0.2) is 47.7 Å². The summed E-state index contributed by atoms with van der Waals surface area (Å²) in [5.74, 6) is 1.59. The summed E-state index contributed by atoms with van der Waals surface area (Å²) >= 11 is 7.58. The molecule has 2 N–H and O–H groups in total. The van der Waals surface area contributed by atoms with Crippen LogP contribution in [0, 0.1) is 0 Å². The molecule has 0 saturated carbocycles. The van der Waals surface area contributed by atoms with Gasteiger partial charge in [0.05, 0.1) is 10.9 Å². The molecule has 0 spiro atoms. The van der Waals surface area contributed by atoms with Gasteiger partial charge in [-0.3, -0.25) is 10.1 Å². The summed E-state index contributed by atoms with van der Waals surface area (Å²) < 4.78 is 0.801. The normalized spacial score (nSPS) is 11.1. The van der Waals surface area contributed by atoms with Crippen LogP contribution in [0.1, 0.15) is 10.4 Å². The SMILES string of the molecule is CN=C(NCc1cccc(-c2ncn[nH]2)c1)N(C)Cc1ccc(Cl)s1.I. The Kier molecular flexibility index (Phi) is 7.85. The first-order chi connectivity index (χ1) is 12.2. The number of nitrogens with one attached hydrogen (secondary N) is 2. The molecule has 3 rings (SSSR count). The Bertz CT molecular complexity index is 849. The van der Waals surface area contributed by atoms with E-state index in [2.05, 4.69) is 42.5 Å². The number of aromatic amines is 1. The maximum absolute atomic E-state index is 6.00. The highest BCUT2D eigenvalue weighted by atomic mass is 127. The maximum Gasteiger partial charge on any atom is 0.193 e. The molecule has 2 heterocycles. The minimum atomic E-state index is 0. The van der Waals surface area contributed by atoms with Crippen LogP contribution < -0.4 is 5.32 Å². The van der Waals surface area contributed by atoms with Gasteiger partial charge in [-0.05, 0) is 23.8 Å². The number of guanidine groups is 1. The van der Waals surface area contributed by atoms with Crippen molar-refractivity contribution < 1.29 is 0 Å². The van der Waals surface area contributed by atoms with Gasteiger partial charge in [-0.25, -0.2) is 4.98 Å². The molecule has 3 aromatic rings. The van der Waals surface area contributed by atoms with Crippen LogP contribution in [0.5, 0.6) is 0 Å². The molecule has 0 aliphatic heterocycles. The predicted octanol–water partition coefficient (Wildman–Crippen LogP) is 4.01. The van der Waals surface area contributed by atoms with Crippen molar-refractivity contribution in [2.45, 2.75) is 13.1 Å². The van der Waals surface area contributed by atoms with Crippen molar-refractivity contribution in [1.82, 2.24) is 25.4 Å². The van der Waals surface area contributed by atoms with E-state index in [-0.39, 0.29) is 24.0 Å². The number of thiophene rings is 1. The third-order valence-corrected chi connectivity index (χ3v) is 4.88. The van der Waals surface area contributed by atoms with Crippen molar-refractivity contribution in [1.29, 1.82) is 0 Å². The summed E-state index contributed by atoms with van der Waals surface area (Å²) in [5.41, 5.74) is 2.15. The Labute approximate surface area is 178 Å². The van der Waals surface area contributed by atoms with E-state index < -0.39 is 0 Å². The fourth-order valence-corrected chi connectivity index (χ4v) is 3.63. The fourth-order valence-electron chi connectivity index (χ4n) is 2.48. The highest BCUT2D eigenvalue weighted by molar-refractivity contribution is 14.0. The first kappa shape index (κ1) is 20.7. The zero-order chi connectivity index (χ0) is 17.6. The molecule has 0 unspecified atom stereocenters. The highest BCUT2D eigenvalue weighted by Gasteiger charge is 2.09. The molecule has 9 heteroatoms. The van der Waals surface area contributed by atoms with E-state index in [4.69, 9.17) is 11.6 Å². The first-order valence-electron chi connectivity index (χ1n) is 7.76. The van der Waals surface area contributed by atoms with Crippen molar-refractivity contribution in [2.75, 3.05) is 14.1 Å². The average molecular weight is 503 g/mol. The molecule has 2 aromatic heterocycles. The van der Waals surface area contributed by atoms with Crippen molar-refractivity contribution in [3.63, 3.8) is 0 Å². The molecule has 26 heavy (non-hydrogen) atoms. The third-order valence-electron chi connectivity index (χ3n) is 3.66. The number of benzene rings is 1. The quantitative estimate of drug-likeness (QED) is 0.314. The van der Waals surface area contributed by atoms with Crippen molar-refractivity contribution in [3.05, 3.63) is 57.5 Å². The van der Waals surface area contributed by atoms with Crippen LogP contribution >= 0.6 is 46.9 Å². The van der Waals surface area contributed by atoms with E-state index in [9.17, 15) is 0 Å². The second-order valence-corrected chi connectivity index (χ2v) is 7.30. The second kappa shape index (κ2) is 9.89. The van der Waals surface area contributed by atoms with Crippen LogP contribution in [-0.2, 0) is 13.1 Å². The van der Waals surface area contributed by atoms with Crippen LogP contribution in [0.25, 0.3) is 11.4 Å². The largest absolute Gasteiger partial charge is 0.352 e. The molecule has 0 fully saturated rings. The zero-order valence-electron chi connectivity index (χ0n) is 14.4. The lowest BCUT2D eigenvalue weighted by molar-refractivity contribution is 0.481. The van der Waals surface area contributed by atoms with Crippen molar-refractivity contribution >= 4 is 52.9 Å². The lowest BCUT2D eigenvalue weighted by Crippen LogP contribution is -2.37. The van der Waals surface area contributed by atoms with Crippen molar-refractivity contribution in [2.24, 2.45) is 4.99 Å². The van der Waals surface area contributed by atoms with Gasteiger partial charge in [-0.15, -0.1) is 35.3 Å². The van der Waals surface area contributed by atoms with Gasteiger partial charge in [0.15, 0.2) is 11.8 Å². The average Bonchev–Trinajstić information content (AvgIpc) is 3.28. The number of aliphatic imine (C=N–C) groups is 1. The summed E-state index contributed by atoms with van der Waals surface area (Å²) in [6.45, 7) is 1.43. The van der Waals surface area contributed by atoms with Gasteiger partial charge in [-0.1, -0.05) is 29.8 Å². The van der Waals surface area contributed by atoms with E-state index in [0.29, 0.717) is 6.54 Å². The van der Waals surface area contributed by atoms with E-state index in [1.165, 1.54) is 11.2 Å². The number of halogens is 2. The number of H-pyrrole nitrogens is 1. The molecular formula is C17H20ClIN6S. The lowest BCUT2D eigenvalue weighted by atomic mass is 10.1. The van der Waals surface area contributed by atoms with Crippen LogP contribution in [0.3, 0.4) is 0 Å². The Hall–Kier alpha value is -1.65.